The summed E-state index contributed by atoms with van der Waals surface area (Å²) in [7, 11) is 0. The minimum absolute atomic E-state index is 0.0380. The monoisotopic (exact) mass is 446 g/mol. The normalized spacial score (nSPS) is 12.2. The van der Waals surface area contributed by atoms with Crippen molar-refractivity contribution in [2.24, 2.45) is 0 Å². The minimum atomic E-state index is -5.00. The van der Waals surface area contributed by atoms with Gasteiger partial charge < -0.3 is 9.47 Å². The van der Waals surface area contributed by atoms with Gasteiger partial charge in [0.1, 0.15) is 0 Å². The summed E-state index contributed by atoms with van der Waals surface area (Å²) >= 11 is 0. The van der Waals surface area contributed by atoms with Crippen molar-refractivity contribution in [3.8, 4) is 11.6 Å². The quantitative estimate of drug-likeness (QED) is 0.376. The molecule has 0 saturated heterocycles. The molecule has 0 aliphatic carbocycles. The molecule has 0 fully saturated rings. The van der Waals surface area contributed by atoms with Crippen LogP contribution in [0.3, 0.4) is 0 Å². The molecule has 11 heteroatoms. The molecule has 1 heterocycles. The van der Waals surface area contributed by atoms with E-state index < -0.39 is 41.7 Å². The number of carbonyl (C=O) groups excluding carboxylic acids is 1. The molecule has 2 aromatic carbocycles. The minimum Gasteiger partial charge on any atom is -0.464 e. The number of benzene rings is 2. The zero-order valence-electron chi connectivity index (χ0n) is 16.0. The summed E-state index contributed by atoms with van der Waals surface area (Å²) in [5.74, 6) is -0.811. The van der Waals surface area contributed by atoms with Crippen LogP contribution in [-0.4, -0.2) is 29.0 Å². The number of hydrogen-bond acceptors (Lipinski definition) is 4. The van der Waals surface area contributed by atoms with Crippen LogP contribution in [-0.2, 0) is 21.9 Å². The Morgan fingerprint density at radius 1 is 1.00 bits per heavy atom. The fraction of sp³-hybridized carbons (Fsp3) is 0.300. The van der Waals surface area contributed by atoms with E-state index in [9.17, 15) is 31.1 Å². The van der Waals surface area contributed by atoms with Crippen molar-refractivity contribution < 1.29 is 40.6 Å². The molecule has 0 aliphatic rings. The maximum Gasteiger partial charge on any atom is 0.416 e. The zero-order valence-corrected chi connectivity index (χ0v) is 16.0. The fourth-order valence-corrected chi connectivity index (χ4v) is 2.79. The first kappa shape index (κ1) is 22.4. The van der Waals surface area contributed by atoms with Gasteiger partial charge in [-0.05, 0) is 36.8 Å². The Bertz CT molecular complexity index is 1060. The third-order valence-electron chi connectivity index (χ3n) is 4.16. The summed E-state index contributed by atoms with van der Waals surface area (Å²) in [5.41, 5.74) is -3.20. The molecule has 0 saturated carbocycles. The first-order valence-electron chi connectivity index (χ1n) is 9.06. The lowest BCUT2D eigenvalue weighted by molar-refractivity contribution is -0.146. The number of nitrogens with zero attached hydrogens (tertiary/aromatic N) is 2. The van der Waals surface area contributed by atoms with Gasteiger partial charge in [0.15, 0.2) is 6.61 Å². The molecule has 1 aromatic heterocycles. The number of fused-ring (bicyclic) bond motifs is 1. The lowest BCUT2D eigenvalue weighted by atomic mass is 10.1. The van der Waals surface area contributed by atoms with E-state index in [1.807, 2.05) is 0 Å². The van der Waals surface area contributed by atoms with E-state index in [1.54, 1.807) is 13.0 Å². The number of carbonyl (C=O) groups is 1. The molecule has 0 spiro atoms. The van der Waals surface area contributed by atoms with Crippen LogP contribution in [0.25, 0.3) is 16.6 Å². The van der Waals surface area contributed by atoms with Crippen molar-refractivity contribution >= 4 is 16.9 Å². The Hall–Kier alpha value is -3.24. The summed E-state index contributed by atoms with van der Waals surface area (Å²) in [5, 5.41) is 4.31. The first-order chi connectivity index (χ1) is 14.5. The van der Waals surface area contributed by atoms with Gasteiger partial charge in [-0.3, -0.25) is 0 Å². The second kappa shape index (κ2) is 8.48. The van der Waals surface area contributed by atoms with Crippen LogP contribution in [0.5, 0.6) is 5.88 Å². The standard InChI is InChI=1S/C20H16F6N2O3/c1-2-7-30-17(29)11-31-18-15-5-3-4-6-16(15)28(27-18)14-9-12(19(21,22)23)8-13(10-14)20(24,25)26/h3-6,8-10H,2,7,11H2,1H3. The largest absolute Gasteiger partial charge is 0.464 e. The van der Waals surface area contributed by atoms with Crippen LogP contribution in [0, 0.1) is 0 Å². The summed E-state index contributed by atoms with van der Waals surface area (Å²) in [4.78, 5) is 11.7. The highest BCUT2D eigenvalue weighted by Crippen LogP contribution is 2.38. The van der Waals surface area contributed by atoms with Gasteiger partial charge in [0.05, 0.1) is 34.3 Å². The molecule has 5 nitrogen and oxygen atoms in total. The first-order valence-corrected chi connectivity index (χ1v) is 9.06. The number of esters is 1. The Kier molecular flexibility index (Phi) is 6.14. The fourth-order valence-electron chi connectivity index (χ4n) is 2.79. The predicted octanol–water partition coefficient (Wildman–Crippen LogP) is 5.40. The SMILES string of the molecule is CCCOC(=O)COc1nn(-c2cc(C(F)(F)F)cc(C(F)(F)F)c2)c2ccccc12. The third kappa shape index (κ3) is 5.09. The highest BCUT2D eigenvalue weighted by atomic mass is 19.4. The van der Waals surface area contributed by atoms with Gasteiger partial charge >= 0.3 is 18.3 Å². The Morgan fingerprint density at radius 2 is 1.61 bits per heavy atom. The highest BCUT2D eigenvalue weighted by molar-refractivity contribution is 5.86. The average molecular weight is 446 g/mol. The molecule has 0 unspecified atom stereocenters. The average Bonchev–Trinajstić information content (AvgIpc) is 3.08. The van der Waals surface area contributed by atoms with Crippen LogP contribution in [0.1, 0.15) is 24.5 Å². The molecule has 166 valence electrons. The number of halogens is 6. The zero-order chi connectivity index (χ0) is 22.8. The predicted molar refractivity (Wildman–Crippen MR) is 97.8 cm³/mol. The molecular formula is C20H16F6N2O3. The number of alkyl halides is 6. The Balaban J connectivity index is 2.08. The van der Waals surface area contributed by atoms with Crippen LogP contribution < -0.4 is 4.74 Å². The van der Waals surface area contributed by atoms with E-state index in [0.717, 1.165) is 4.68 Å². The van der Waals surface area contributed by atoms with Crippen molar-refractivity contribution in [2.45, 2.75) is 25.7 Å². The van der Waals surface area contributed by atoms with Crippen LogP contribution in [0.2, 0.25) is 0 Å². The van der Waals surface area contributed by atoms with Crippen molar-refractivity contribution in [1.29, 1.82) is 0 Å². The molecule has 31 heavy (non-hydrogen) atoms. The number of hydrogen-bond donors (Lipinski definition) is 0. The van der Waals surface area contributed by atoms with E-state index in [0.29, 0.717) is 23.9 Å². The molecule has 0 atom stereocenters. The molecule has 0 N–H and O–H groups in total. The van der Waals surface area contributed by atoms with E-state index >= 15 is 0 Å². The second-order valence-electron chi connectivity index (χ2n) is 6.51. The number of ether oxygens (including phenoxy) is 2. The van der Waals surface area contributed by atoms with Crippen molar-refractivity contribution in [3.05, 3.63) is 53.6 Å². The van der Waals surface area contributed by atoms with E-state index in [-0.39, 0.29) is 24.1 Å². The van der Waals surface area contributed by atoms with Crippen molar-refractivity contribution in [3.63, 3.8) is 0 Å². The van der Waals surface area contributed by atoms with Gasteiger partial charge in [0.2, 0.25) is 5.88 Å². The van der Waals surface area contributed by atoms with Gasteiger partial charge in [0.25, 0.3) is 0 Å². The van der Waals surface area contributed by atoms with Gasteiger partial charge in [-0.15, -0.1) is 5.10 Å². The lowest BCUT2D eigenvalue weighted by Crippen LogP contribution is -2.15. The molecule has 0 radical (unpaired) electrons. The molecule has 3 rings (SSSR count). The summed E-state index contributed by atoms with van der Waals surface area (Å²) < 4.78 is 90.4. The smallest absolute Gasteiger partial charge is 0.416 e. The summed E-state index contributed by atoms with van der Waals surface area (Å²) in [6.07, 6.45) is -9.40. The van der Waals surface area contributed by atoms with Crippen LogP contribution >= 0.6 is 0 Å². The topological polar surface area (TPSA) is 53.4 Å². The summed E-state index contributed by atoms with van der Waals surface area (Å²) in [6.45, 7) is 1.47. The lowest BCUT2D eigenvalue weighted by Gasteiger charge is -2.14. The van der Waals surface area contributed by atoms with Gasteiger partial charge in [-0.25, -0.2) is 9.48 Å². The highest BCUT2D eigenvalue weighted by Gasteiger charge is 2.37. The third-order valence-corrected chi connectivity index (χ3v) is 4.16. The van der Waals surface area contributed by atoms with Crippen LogP contribution in [0.15, 0.2) is 42.5 Å². The van der Waals surface area contributed by atoms with Crippen molar-refractivity contribution in [2.75, 3.05) is 13.2 Å². The maximum absolute atomic E-state index is 13.2. The Labute approximate surface area is 172 Å². The molecular weight excluding hydrogens is 430 g/mol. The van der Waals surface area contributed by atoms with Gasteiger partial charge in [-0.2, -0.15) is 26.3 Å². The van der Waals surface area contributed by atoms with Crippen LogP contribution in [0.4, 0.5) is 26.3 Å². The van der Waals surface area contributed by atoms with E-state index in [1.165, 1.54) is 18.2 Å². The van der Waals surface area contributed by atoms with E-state index in [4.69, 9.17) is 9.47 Å². The van der Waals surface area contributed by atoms with Gasteiger partial charge in [-0.1, -0.05) is 19.1 Å². The van der Waals surface area contributed by atoms with E-state index in [2.05, 4.69) is 5.10 Å². The number of rotatable bonds is 6. The second-order valence-corrected chi connectivity index (χ2v) is 6.51. The number of aromatic nitrogens is 2. The Morgan fingerprint density at radius 3 is 2.19 bits per heavy atom. The van der Waals surface area contributed by atoms with Gasteiger partial charge in [0, 0.05) is 0 Å². The maximum atomic E-state index is 13.2. The number of para-hydroxylation sites is 1. The molecule has 0 bridgehead atoms. The molecule has 0 amide bonds. The molecule has 3 aromatic rings. The molecule has 0 aliphatic heterocycles. The summed E-state index contributed by atoms with van der Waals surface area (Å²) in [6, 6.07) is 7.27. The van der Waals surface area contributed by atoms with Crippen molar-refractivity contribution in [1.82, 2.24) is 9.78 Å².